The molecule has 1 amide bonds. The Morgan fingerprint density at radius 1 is 1.00 bits per heavy atom. The summed E-state index contributed by atoms with van der Waals surface area (Å²) in [6.45, 7) is 5.74. The number of fused-ring (bicyclic) bond motifs is 1. The highest BCUT2D eigenvalue weighted by atomic mass is 35.5. The highest BCUT2D eigenvalue weighted by Gasteiger charge is 2.39. The number of unbranched alkanes of at least 4 members (excludes halogenated alkanes) is 1. The van der Waals surface area contributed by atoms with Crippen LogP contribution >= 0.6 is 35.1 Å². The van der Waals surface area contributed by atoms with Crippen LogP contribution in [0.4, 0.5) is 11.4 Å². The second-order valence-corrected chi connectivity index (χ2v) is 9.18. The van der Waals surface area contributed by atoms with E-state index in [4.69, 9.17) is 16.6 Å². The number of carbonyl (C=O) groups is 1. The maximum absolute atomic E-state index is 13.4. The van der Waals surface area contributed by atoms with E-state index in [1.54, 1.807) is 11.8 Å². The maximum Gasteiger partial charge on any atom is 0.269 e. The van der Waals surface area contributed by atoms with Crippen LogP contribution in [0.15, 0.2) is 68.4 Å². The van der Waals surface area contributed by atoms with Gasteiger partial charge in [-0.25, -0.2) is 4.99 Å². The third kappa shape index (κ3) is 4.06. The SMILES string of the molecule is CCCCN1C(=O)C(=C2Sc3ccccc3N2CC)SC1=Nc1ccc(Cl)cc1. The largest absolute Gasteiger partial charge is 0.334 e. The molecule has 29 heavy (non-hydrogen) atoms. The minimum absolute atomic E-state index is 0.0462. The lowest BCUT2D eigenvalue weighted by molar-refractivity contribution is -0.122. The number of aliphatic imine (C=N–C) groups is 1. The average Bonchev–Trinajstić information content (AvgIpc) is 3.25. The van der Waals surface area contributed by atoms with Crippen molar-refractivity contribution in [2.75, 3.05) is 18.0 Å². The maximum atomic E-state index is 13.4. The van der Waals surface area contributed by atoms with E-state index in [9.17, 15) is 4.79 Å². The average molecular weight is 444 g/mol. The van der Waals surface area contributed by atoms with Crippen LogP contribution < -0.4 is 4.90 Å². The summed E-state index contributed by atoms with van der Waals surface area (Å²) in [6.07, 6.45) is 1.97. The van der Waals surface area contributed by atoms with Gasteiger partial charge in [-0.15, -0.1) is 0 Å². The number of nitrogens with zero attached hydrogens (tertiary/aromatic N) is 3. The molecule has 0 bridgehead atoms. The summed E-state index contributed by atoms with van der Waals surface area (Å²) in [5, 5.41) is 2.42. The Morgan fingerprint density at radius 3 is 2.48 bits per heavy atom. The second kappa shape index (κ2) is 8.86. The molecule has 2 aliphatic rings. The molecule has 0 radical (unpaired) electrons. The van der Waals surface area contributed by atoms with Crippen molar-refractivity contribution in [1.82, 2.24) is 4.90 Å². The van der Waals surface area contributed by atoms with Crippen LogP contribution in [0.5, 0.6) is 0 Å². The lowest BCUT2D eigenvalue weighted by Gasteiger charge is -2.19. The first-order valence-corrected chi connectivity index (χ1v) is 11.8. The highest BCUT2D eigenvalue weighted by Crippen LogP contribution is 2.50. The standard InChI is InChI=1S/C22H22ClN3OS2/c1-3-5-14-26-20(27)19(29-22(26)24-16-12-10-15(23)11-13-16)21-25(4-2)17-8-6-7-9-18(17)28-21/h6-13H,3-5,14H2,1-2H3. The summed E-state index contributed by atoms with van der Waals surface area (Å²) in [7, 11) is 0. The Bertz CT molecular complexity index is 988. The third-order valence-corrected chi connectivity index (χ3v) is 7.40. The van der Waals surface area contributed by atoms with Gasteiger partial charge >= 0.3 is 0 Å². The van der Waals surface area contributed by atoms with Crippen molar-refractivity contribution in [3.8, 4) is 0 Å². The van der Waals surface area contributed by atoms with E-state index < -0.39 is 0 Å². The van der Waals surface area contributed by atoms with Crippen LogP contribution in [-0.4, -0.2) is 29.1 Å². The summed E-state index contributed by atoms with van der Waals surface area (Å²) in [6, 6.07) is 15.7. The molecular formula is C22H22ClN3OS2. The molecule has 150 valence electrons. The molecular weight excluding hydrogens is 422 g/mol. The Morgan fingerprint density at radius 2 is 1.76 bits per heavy atom. The van der Waals surface area contributed by atoms with E-state index >= 15 is 0 Å². The van der Waals surface area contributed by atoms with Crippen molar-refractivity contribution >= 4 is 57.6 Å². The van der Waals surface area contributed by atoms with Gasteiger partial charge in [0, 0.05) is 23.0 Å². The number of para-hydroxylation sites is 1. The third-order valence-electron chi connectivity index (χ3n) is 4.77. The van der Waals surface area contributed by atoms with Crippen molar-refractivity contribution in [2.45, 2.75) is 31.6 Å². The van der Waals surface area contributed by atoms with Gasteiger partial charge in [-0.05, 0) is 61.5 Å². The van der Waals surface area contributed by atoms with Gasteiger partial charge in [0.05, 0.1) is 11.4 Å². The number of hydrogen-bond donors (Lipinski definition) is 0. The number of amides is 1. The van der Waals surface area contributed by atoms with Crippen LogP contribution in [0.2, 0.25) is 5.02 Å². The first kappa shape index (κ1) is 20.4. The van der Waals surface area contributed by atoms with Crippen LogP contribution in [0.25, 0.3) is 0 Å². The summed E-state index contributed by atoms with van der Waals surface area (Å²) >= 11 is 9.14. The number of anilines is 1. The zero-order valence-electron chi connectivity index (χ0n) is 16.4. The van der Waals surface area contributed by atoms with E-state index in [1.165, 1.54) is 22.3 Å². The number of rotatable bonds is 5. The predicted molar refractivity (Wildman–Crippen MR) is 125 cm³/mol. The zero-order chi connectivity index (χ0) is 20.4. The van der Waals surface area contributed by atoms with E-state index in [1.807, 2.05) is 41.3 Å². The van der Waals surface area contributed by atoms with Gasteiger partial charge in [-0.2, -0.15) is 0 Å². The monoisotopic (exact) mass is 443 g/mol. The summed E-state index contributed by atoms with van der Waals surface area (Å²) < 4.78 is 0. The summed E-state index contributed by atoms with van der Waals surface area (Å²) in [5.41, 5.74) is 1.96. The molecule has 0 aliphatic carbocycles. The molecule has 1 fully saturated rings. The first-order valence-electron chi connectivity index (χ1n) is 9.75. The minimum atomic E-state index is 0.0462. The number of carbonyl (C=O) groups excluding carboxylic acids is 1. The van der Waals surface area contributed by atoms with Crippen molar-refractivity contribution in [3.05, 3.63) is 63.5 Å². The predicted octanol–water partition coefficient (Wildman–Crippen LogP) is 6.50. The molecule has 0 aromatic heterocycles. The van der Waals surface area contributed by atoms with E-state index in [0.29, 0.717) is 11.6 Å². The second-order valence-electron chi connectivity index (χ2n) is 6.73. The van der Waals surface area contributed by atoms with E-state index in [2.05, 4.69) is 30.9 Å². The smallest absolute Gasteiger partial charge is 0.269 e. The molecule has 2 aliphatic heterocycles. The molecule has 2 heterocycles. The molecule has 4 rings (SSSR count). The normalized spacial score (nSPS) is 20.1. The number of hydrogen-bond acceptors (Lipinski definition) is 5. The summed E-state index contributed by atoms with van der Waals surface area (Å²) in [5.74, 6) is 0.0462. The fraction of sp³-hybridized carbons (Fsp3) is 0.273. The molecule has 1 saturated heterocycles. The molecule has 0 unspecified atom stereocenters. The molecule has 2 aromatic carbocycles. The molecule has 4 nitrogen and oxygen atoms in total. The van der Waals surface area contributed by atoms with Crippen molar-refractivity contribution in [2.24, 2.45) is 4.99 Å². The number of halogens is 1. The van der Waals surface area contributed by atoms with Gasteiger partial charge in [0.25, 0.3) is 5.91 Å². The Hall–Kier alpha value is -1.89. The summed E-state index contributed by atoms with van der Waals surface area (Å²) in [4.78, 5) is 24.1. The Labute approximate surface area is 185 Å². The van der Waals surface area contributed by atoms with Crippen LogP contribution in [-0.2, 0) is 4.79 Å². The molecule has 0 saturated carbocycles. The quantitative estimate of drug-likeness (QED) is 0.494. The lowest BCUT2D eigenvalue weighted by atomic mass is 10.3. The van der Waals surface area contributed by atoms with Crippen molar-refractivity contribution in [3.63, 3.8) is 0 Å². The van der Waals surface area contributed by atoms with Crippen molar-refractivity contribution in [1.29, 1.82) is 0 Å². The highest BCUT2D eigenvalue weighted by molar-refractivity contribution is 8.19. The van der Waals surface area contributed by atoms with E-state index in [-0.39, 0.29) is 5.91 Å². The van der Waals surface area contributed by atoms with Gasteiger partial charge in [-0.3, -0.25) is 9.69 Å². The lowest BCUT2D eigenvalue weighted by Crippen LogP contribution is -2.30. The Balaban J connectivity index is 1.73. The van der Waals surface area contributed by atoms with Crippen LogP contribution in [0.3, 0.4) is 0 Å². The van der Waals surface area contributed by atoms with Gasteiger partial charge in [-0.1, -0.05) is 48.8 Å². The van der Waals surface area contributed by atoms with Crippen molar-refractivity contribution < 1.29 is 4.79 Å². The Kier molecular flexibility index (Phi) is 6.23. The van der Waals surface area contributed by atoms with Crippen LogP contribution in [0, 0.1) is 0 Å². The fourth-order valence-electron chi connectivity index (χ4n) is 3.28. The first-order chi connectivity index (χ1) is 14.1. The van der Waals surface area contributed by atoms with Crippen LogP contribution in [0.1, 0.15) is 26.7 Å². The number of benzene rings is 2. The van der Waals surface area contributed by atoms with Gasteiger partial charge in [0.1, 0.15) is 9.93 Å². The minimum Gasteiger partial charge on any atom is -0.334 e. The molecule has 2 aromatic rings. The molecule has 7 heteroatoms. The zero-order valence-corrected chi connectivity index (χ0v) is 18.8. The molecule has 0 atom stereocenters. The fourth-order valence-corrected chi connectivity index (χ4v) is 5.82. The number of thioether (sulfide) groups is 2. The molecule has 0 N–H and O–H groups in total. The van der Waals surface area contributed by atoms with Gasteiger partial charge in [0.2, 0.25) is 0 Å². The van der Waals surface area contributed by atoms with Gasteiger partial charge in [0.15, 0.2) is 5.17 Å². The molecule has 0 spiro atoms. The van der Waals surface area contributed by atoms with Gasteiger partial charge < -0.3 is 4.90 Å². The number of amidine groups is 1. The van der Waals surface area contributed by atoms with E-state index in [0.717, 1.165) is 40.2 Å². The topological polar surface area (TPSA) is 35.9 Å².